The summed E-state index contributed by atoms with van der Waals surface area (Å²) in [5, 5.41) is 57.8. The second-order valence-corrected chi connectivity index (χ2v) is 28.1. The molecule has 0 saturated carbocycles. The molecule has 16 N–H and O–H groups in total. The molecule has 35 nitrogen and oxygen atoms in total. The molecule has 0 aliphatic carbocycles. The lowest BCUT2D eigenvalue weighted by Gasteiger charge is -2.29. The Labute approximate surface area is 682 Å². The normalized spacial score (nSPS) is 18.7. The Morgan fingerprint density at radius 1 is 0.381 bits per heavy atom. The molecular weight excluding hydrogens is 1530 g/mol. The maximum atomic E-state index is 15.4. The van der Waals surface area contributed by atoms with Crippen LogP contribution in [-0.2, 0) is 106 Å². The predicted octanol–water partition coefficient (Wildman–Crippen LogP) is 3.00. The number of alkyl carbamates (subject to hydrolysis) is 5. The quantitative estimate of drug-likeness (QED) is 0.0263. The number of amides is 14. The number of hydrogen-bond donors (Lipinski definition) is 16. The highest BCUT2D eigenvalue weighted by Crippen LogP contribution is 2.14. The van der Waals surface area contributed by atoms with Crippen LogP contribution >= 0.6 is 0 Å². The number of hydrogen-bond acceptors (Lipinski definition) is 21. The molecule has 1 aliphatic rings. The highest BCUT2D eigenvalue weighted by Gasteiger charge is 2.38. The molecule has 35 heteroatoms. The van der Waals surface area contributed by atoms with Crippen LogP contribution in [0.15, 0.2) is 182 Å². The summed E-state index contributed by atoms with van der Waals surface area (Å²) in [4.78, 5) is 201. The highest BCUT2D eigenvalue weighted by atomic mass is 16.6. The smallest absolute Gasteiger partial charge is 0.408 e. The maximum absolute atomic E-state index is 15.4. The van der Waals surface area contributed by atoms with Crippen molar-refractivity contribution in [3.8, 4) is 0 Å². The van der Waals surface area contributed by atoms with Gasteiger partial charge in [0, 0.05) is 39.1 Å². The monoisotopic (exact) mass is 1630 g/mol. The second kappa shape index (κ2) is 49.6. The number of aliphatic hydroxyl groups excluding tert-OH is 2. The van der Waals surface area contributed by atoms with Gasteiger partial charge in [0.25, 0.3) is 0 Å². The molecule has 118 heavy (non-hydrogen) atoms. The molecule has 11 atom stereocenters. The number of carbonyl (C=O) groups excluding carboxylic acids is 14. The van der Waals surface area contributed by atoms with Crippen molar-refractivity contribution in [2.45, 2.75) is 172 Å². The van der Waals surface area contributed by atoms with E-state index in [0.717, 1.165) is 13.8 Å². The third-order valence-corrected chi connectivity index (χ3v) is 18.1. The zero-order chi connectivity index (χ0) is 85.1. The lowest BCUT2D eigenvalue weighted by atomic mass is 10.00. The Bertz CT molecular complexity index is 4240. The van der Waals surface area contributed by atoms with E-state index in [9.17, 15) is 53.4 Å². The number of benzene rings is 6. The molecule has 1 fully saturated rings. The topological polar surface area (TPSA) is 494 Å². The fourth-order valence-corrected chi connectivity index (χ4v) is 11.8. The first-order chi connectivity index (χ1) is 56.8. The highest BCUT2D eigenvalue weighted by molar-refractivity contribution is 5.99. The summed E-state index contributed by atoms with van der Waals surface area (Å²) in [6.45, 7) is 2.56. The Morgan fingerprint density at radius 2 is 0.712 bits per heavy atom. The Kier molecular flexibility index (Phi) is 38.6. The van der Waals surface area contributed by atoms with Gasteiger partial charge in [-0.05, 0) is 91.7 Å². The average molecular weight is 1630 g/mol. The molecule has 0 aromatic heterocycles. The van der Waals surface area contributed by atoms with Gasteiger partial charge >= 0.3 is 30.5 Å². The fraction of sp³-hybridized carbons (Fsp3) is 0.398. The van der Waals surface area contributed by atoms with Crippen molar-refractivity contribution in [1.29, 1.82) is 0 Å². The van der Waals surface area contributed by atoms with Gasteiger partial charge in [-0.25, -0.2) is 24.0 Å². The Balaban J connectivity index is 1.27. The summed E-state index contributed by atoms with van der Waals surface area (Å²) in [5.41, 5.74) is 3.57. The summed E-state index contributed by atoms with van der Waals surface area (Å²) in [6.07, 6.45) is -11.3. The van der Waals surface area contributed by atoms with Crippen molar-refractivity contribution >= 4 is 83.6 Å². The van der Waals surface area contributed by atoms with Gasteiger partial charge in [0.2, 0.25) is 53.2 Å². The summed E-state index contributed by atoms with van der Waals surface area (Å²) in [7, 11) is 0. The van der Waals surface area contributed by atoms with Gasteiger partial charge < -0.3 is 108 Å². The number of aliphatic hydroxyl groups is 2. The number of nitrogens with one attached hydrogen (secondary N) is 14. The molecule has 632 valence electrons. The number of ether oxygens (including phenoxy) is 5. The minimum atomic E-state index is -1.91. The number of rotatable bonds is 33. The first kappa shape index (κ1) is 92.0. The fourth-order valence-electron chi connectivity index (χ4n) is 11.8. The molecule has 14 amide bonds. The van der Waals surface area contributed by atoms with Crippen LogP contribution in [0, 0.1) is 5.92 Å². The maximum Gasteiger partial charge on any atom is 0.408 e. The van der Waals surface area contributed by atoms with Crippen molar-refractivity contribution in [2.24, 2.45) is 5.92 Å². The van der Waals surface area contributed by atoms with E-state index < -0.39 is 208 Å². The molecule has 7 rings (SSSR count). The lowest BCUT2D eigenvalue weighted by Crippen LogP contribution is -2.61. The molecule has 0 bridgehead atoms. The summed E-state index contributed by atoms with van der Waals surface area (Å²) >= 11 is 0. The van der Waals surface area contributed by atoms with E-state index in [2.05, 4.69) is 74.4 Å². The van der Waals surface area contributed by atoms with Crippen LogP contribution in [0.25, 0.3) is 0 Å². The van der Waals surface area contributed by atoms with Crippen LogP contribution in [-0.4, -0.2) is 193 Å². The third kappa shape index (κ3) is 33.7. The van der Waals surface area contributed by atoms with Crippen LogP contribution in [0.2, 0.25) is 0 Å². The lowest BCUT2D eigenvalue weighted by molar-refractivity contribution is -0.136. The van der Waals surface area contributed by atoms with Gasteiger partial charge in [0.15, 0.2) is 0 Å². The van der Waals surface area contributed by atoms with Gasteiger partial charge in [-0.1, -0.05) is 196 Å². The molecule has 0 spiro atoms. The largest absolute Gasteiger partial charge is 0.445 e. The standard InChI is InChI=1S/C83H104N14O21/c1-52(2)45-66-75(105)92-62(36-41-85-79(109)114-47-56-25-13-6-14-26-56)71(101)91-65(39-44-88-82(112)117-50-59-31-19-9-20-32-59)74(104)96-68(53(3)98)77(107)84-40-35-61(70(100)90-63(37-42-86-80(110)115-48-57-27-15-7-16-28-57)73(103)95-67(76(106)94-66)46-55-23-11-5-12-24-55)89-72(102)64(38-43-87-81(111)116-49-58-29-17-8-18-30-58)93-78(108)69(54(4)99)97-83(113)118-51-60-33-21-10-22-34-60/h5-34,52-54,61-69,98-99H,35-51H2,1-4H3,(H,84,107)(H,85,109)(H,86,110)(H,87,111)(H,88,112)(H,89,102)(H,90,100)(H,91,101)(H,92,105)(H,93,108)(H,94,106)(H,95,103)(H,96,104)(H,97,113)/t53-,54-,61+,62+,63+,64+,65+,66+,67-,68-,69+/m1/s1. The summed E-state index contributed by atoms with van der Waals surface area (Å²) in [6, 6.07) is 35.5. The molecule has 1 saturated heterocycles. The zero-order valence-electron chi connectivity index (χ0n) is 65.9. The van der Waals surface area contributed by atoms with Gasteiger partial charge in [-0.2, -0.15) is 0 Å². The first-order valence-corrected chi connectivity index (χ1v) is 38.6. The molecule has 0 radical (unpaired) electrons. The molecular formula is C83H104N14O21. The minimum absolute atomic E-state index is 0.121. The van der Waals surface area contributed by atoms with E-state index in [1.165, 1.54) is 0 Å². The van der Waals surface area contributed by atoms with E-state index >= 15 is 24.0 Å². The minimum Gasteiger partial charge on any atom is -0.445 e. The zero-order valence-corrected chi connectivity index (χ0v) is 65.9. The molecule has 6 aromatic rings. The predicted molar refractivity (Wildman–Crippen MR) is 427 cm³/mol. The van der Waals surface area contributed by atoms with E-state index in [1.807, 2.05) is 0 Å². The van der Waals surface area contributed by atoms with Crippen LogP contribution in [0.5, 0.6) is 0 Å². The van der Waals surface area contributed by atoms with Crippen LogP contribution < -0.4 is 74.4 Å². The molecule has 6 aromatic carbocycles. The average Bonchev–Trinajstić information content (AvgIpc) is 1.84. The van der Waals surface area contributed by atoms with E-state index in [-0.39, 0.29) is 58.3 Å². The third-order valence-electron chi connectivity index (χ3n) is 18.1. The van der Waals surface area contributed by atoms with Gasteiger partial charge in [-0.15, -0.1) is 0 Å². The Morgan fingerprint density at radius 3 is 1.09 bits per heavy atom. The molecule has 1 aliphatic heterocycles. The van der Waals surface area contributed by atoms with Crippen molar-refractivity contribution in [1.82, 2.24) is 74.4 Å². The Hall–Kier alpha value is -13.2. The van der Waals surface area contributed by atoms with E-state index in [4.69, 9.17) is 23.7 Å². The van der Waals surface area contributed by atoms with Crippen molar-refractivity contribution in [3.05, 3.63) is 215 Å². The van der Waals surface area contributed by atoms with E-state index in [1.54, 1.807) is 196 Å². The summed E-state index contributed by atoms with van der Waals surface area (Å²) < 4.78 is 26.9. The van der Waals surface area contributed by atoms with Gasteiger partial charge in [0.05, 0.1) is 12.2 Å². The van der Waals surface area contributed by atoms with Crippen molar-refractivity contribution in [3.63, 3.8) is 0 Å². The van der Waals surface area contributed by atoms with Crippen LogP contribution in [0.1, 0.15) is 99.6 Å². The SMILES string of the molecule is CC(C)C[C@@H]1NC(=O)[C@@H](Cc2ccccc2)NC(=O)[C@H](CCNC(=O)OCc2ccccc2)NC(=O)[C@@H](NC(=O)[C@H](CCNC(=O)OCc2ccccc2)NC(=O)[C@@H](NC(=O)OCc2ccccc2)[C@@H](C)O)CCNC(=O)[C@@H]([C@@H](C)O)NC(=O)[C@H](CCNC(=O)OCc2ccccc2)NC(=O)[C@H](CCNC(=O)OCc2ccccc2)NC1=O. The van der Waals surface area contributed by atoms with Gasteiger partial charge in [-0.3, -0.25) is 43.2 Å². The van der Waals surface area contributed by atoms with Gasteiger partial charge in [0.1, 0.15) is 87.4 Å². The van der Waals surface area contributed by atoms with Crippen molar-refractivity contribution < 1.29 is 101 Å². The second-order valence-electron chi connectivity index (χ2n) is 28.1. The van der Waals surface area contributed by atoms with Crippen LogP contribution in [0.3, 0.4) is 0 Å². The van der Waals surface area contributed by atoms with E-state index in [0.29, 0.717) is 33.4 Å². The van der Waals surface area contributed by atoms with Crippen molar-refractivity contribution in [2.75, 3.05) is 32.7 Å². The molecule has 1 heterocycles. The van der Waals surface area contributed by atoms with Crippen LogP contribution in [0.4, 0.5) is 24.0 Å². The summed E-state index contributed by atoms with van der Waals surface area (Å²) in [5.74, 6) is -10.4. The first-order valence-electron chi connectivity index (χ1n) is 38.6. The molecule has 0 unspecified atom stereocenters. The number of carbonyl (C=O) groups is 14.